The van der Waals surface area contributed by atoms with Crippen molar-refractivity contribution in [1.29, 1.82) is 0 Å². The lowest BCUT2D eigenvalue weighted by atomic mass is 9.94. The Bertz CT molecular complexity index is 753. The van der Waals surface area contributed by atoms with Crippen LogP contribution in [0.4, 0.5) is 0 Å². The summed E-state index contributed by atoms with van der Waals surface area (Å²) in [6.45, 7) is 5.07. The predicted octanol–water partition coefficient (Wildman–Crippen LogP) is 8.49. The minimum Gasteiger partial charge on any atom is -0.465 e. The molecule has 1 heterocycles. The SMILES string of the molecule is CCCCCCCCCCC(CCCCCCCCC(=O)OCc1ccccc1)COC(=O)C1CCN(C)C1. The van der Waals surface area contributed by atoms with E-state index in [1.54, 1.807) is 0 Å². The number of likely N-dealkylation sites (tertiary alicyclic amines) is 1. The highest BCUT2D eigenvalue weighted by Gasteiger charge is 2.27. The Kier molecular flexibility index (Phi) is 18.7. The molecule has 0 radical (unpaired) electrons. The van der Waals surface area contributed by atoms with Gasteiger partial charge in [0.25, 0.3) is 0 Å². The number of rotatable bonds is 23. The zero-order valence-electron chi connectivity index (χ0n) is 25.2. The van der Waals surface area contributed by atoms with Crippen molar-refractivity contribution in [2.24, 2.45) is 11.8 Å². The molecule has 0 amide bonds. The minimum atomic E-state index is -0.0959. The first-order chi connectivity index (χ1) is 19.1. The van der Waals surface area contributed by atoms with Gasteiger partial charge in [0.2, 0.25) is 0 Å². The molecular weight excluding hydrogens is 486 g/mol. The van der Waals surface area contributed by atoms with Gasteiger partial charge in [-0.3, -0.25) is 9.59 Å². The van der Waals surface area contributed by atoms with Gasteiger partial charge in [-0.1, -0.05) is 121 Å². The monoisotopic (exact) mass is 543 g/mol. The van der Waals surface area contributed by atoms with E-state index in [1.807, 2.05) is 30.3 Å². The Morgan fingerprint density at radius 2 is 1.41 bits per heavy atom. The summed E-state index contributed by atoms with van der Waals surface area (Å²) in [5.41, 5.74) is 1.03. The van der Waals surface area contributed by atoms with Gasteiger partial charge in [-0.15, -0.1) is 0 Å². The van der Waals surface area contributed by atoms with Crippen LogP contribution in [0.2, 0.25) is 0 Å². The largest absolute Gasteiger partial charge is 0.465 e. The topological polar surface area (TPSA) is 55.8 Å². The highest BCUT2D eigenvalue weighted by molar-refractivity contribution is 5.73. The Balaban J connectivity index is 1.54. The molecule has 0 N–H and O–H groups in total. The van der Waals surface area contributed by atoms with Gasteiger partial charge in [0.05, 0.1) is 12.5 Å². The molecule has 0 aliphatic carbocycles. The third kappa shape index (κ3) is 16.7. The summed E-state index contributed by atoms with van der Waals surface area (Å²) in [5, 5.41) is 0. The molecule has 2 unspecified atom stereocenters. The molecule has 0 spiro atoms. The normalized spacial score (nSPS) is 16.3. The van der Waals surface area contributed by atoms with Crippen molar-refractivity contribution in [3.8, 4) is 0 Å². The number of hydrogen-bond donors (Lipinski definition) is 0. The fourth-order valence-corrected chi connectivity index (χ4v) is 5.54. The average molecular weight is 544 g/mol. The fraction of sp³-hybridized carbons (Fsp3) is 0.765. The van der Waals surface area contributed by atoms with Crippen LogP contribution in [0, 0.1) is 11.8 Å². The van der Waals surface area contributed by atoms with Crippen LogP contribution in [0.1, 0.15) is 128 Å². The maximum atomic E-state index is 12.6. The van der Waals surface area contributed by atoms with Gasteiger partial charge in [0.1, 0.15) is 6.61 Å². The molecule has 1 aromatic carbocycles. The van der Waals surface area contributed by atoms with E-state index in [0.29, 0.717) is 25.6 Å². The molecule has 1 aliphatic rings. The molecule has 0 bridgehead atoms. The van der Waals surface area contributed by atoms with Crippen LogP contribution < -0.4 is 0 Å². The number of carbonyl (C=O) groups excluding carboxylic acids is 2. The zero-order valence-corrected chi connectivity index (χ0v) is 25.2. The maximum absolute atomic E-state index is 12.6. The van der Waals surface area contributed by atoms with E-state index in [2.05, 4.69) is 18.9 Å². The van der Waals surface area contributed by atoms with Crippen molar-refractivity contribution in [2.75, 3.05) is 26.7 Å². The van der Waals surface area contributed by atoms with Crippen LogP contribution in [0.3, 0.4) is 0 Å². The van der Waals surface area contributed by atoms with Crippen LogP contribution >= 0.6 is 0 Å². The lowest BCUT2D eigenvalue weighted by Crippen LogP contribution is -2.24. The summed E-state index contributed by atoms with van der Waals surface area (Å²) in [6.07, 6.45) is 21.2. The number of ether oxygens (including phenoxy) is 2. The molecular formula is C34H57NO4. The lowest BCUT2D eigenvalue weighted by molar-refractivity contribution is -0.149. The van der Waals surface area contributed by atoms with Gasteiger partial charge in [0, 0.05) is 13.0 Å². The number of hydrogen-bond acceptors (Lipinski definition) is 5. The third-order valence-electron chi connectivity index (χ3n) is 8.14. The van der Waals surface area contributed by atoms with Crippen LogP contribution in [-0.4, -0.2) is 43.6 Å². The Morgan fingerprint density at radius 1 is 0.821 bits per heavy atom. The third-order valence-corrected chi connectivity index (χ3v) is 8.14. The highest BCUT2D eigenvalue weighted by atomic mass is 16.5. The van der Waals surface area contributed by atoms with E-state index in [9.17, 15) is 9.59 Å². The second-order valence-corrected chi connectivity index (χ2v) is 11.8. The summed E-state index contributed by atoms with van der Waals surface area (Å²) in [6, 6.07) is 9.85. The summed E-state index contributed by atoms with van der Waals surface area (Å²) in [7, 11) is 2.08. The minimum absolute atomic E-state index is 0.0163. The number of esters is 2. The average Bonchev–Trinajstić information content (AvgIpc) is 3.39. The molecule has 222 valence electrons. The van der Waals surface area contributed by atoms with E-state index < -0.39 is 0 Å². The van der Waals surface area contributed by atoms with Crippen molar-refractivity contribution in [3.63, 3.8) is 0 Å². The summed E-state index contributed by atoms with van der Waals surface area (Å²) >= 11 is 0. The van der Waals surface area contributed by atoms with E-state index in [4.69, 9.17) is 9.47 Å². The first kappa shape index (κ1) is 33.3. The van der Waals surface area contributed by atoms with Crippen LogP contribution in [0.5, 0.6) is 0 Å². The van der Waals surface area contributed by atoms with Gasteiger partial charge in [-0.25, -0.2) is 0 Å². The molecule has 1 aromatic rings. The van der Waals surface area contributed by atoms with Gasteiger partial charge < -0.3 is 14.4 Å². The molecule has 5 heteroatoms. The quantitative estimate of drug-likeness (QED) is 0.102. The lowest BCUT2D eigenvalue weighted by Gasteiger charge is -2.19. The molecule has 1 aliphatic heterocycles. The van der Waals surface area contributed by atoms with E-state index >= 15 is 0 Å². The Labute approximate surface area is 239 Å². The van der Waals surface area contributed by atoms with Gasteiger partial charge in [-0.05, 0) is 50.8 Å². The molecule has 1 fully saturated rings. The second-order valence-electron chi connectivity index (χ2n) is 11.8. The Morgan fingerprint density at radius 3 is 2.00 bits per heavy atom. The fourth-order valence-electron chi connectivity index (χ4n) is 5.54. The van der Waals surface area contributed by atoms with Crippen molar-refractivity contribution in [3.05, 3.63) is 35.9 Å². The summed E-state index contributed by atoms with van der Waals surface area (Å²) in [5.74, 6) is 0.478. The molecule has 0 saturated carbocycles. The highest BCUT2D eigenvalue weighted by Crippen LogP contribution is 2.22. The van der Waals surface area contributed by atoms with Gasteiger partial charge in [0.15, 0.2) is 0 Å². The number of benzene rings is 1. The van der Waals surface area contributed by atoms with Crippen molar-refractivity contribution < 1.29 is 19.1 Å². The smallest absolute Gasteiger partial charge is 0.310 e. The van der Waals surface area contributed by atoms with E-state index in [-0.39, 0.29) is 17.9 Å². The van der Waals surface area contributed by atoms with Crippen molar-refractivity contribution in [2.45, 2.75) is 129 Å². The first-order valence-electron chi connectivity index (χ1n) is 16.1. The standard InChI is InChI=1S/C34H57NO4/c1-3-4-5-6-7-8-11-15-20-31(29-39-34(37)32-25-26-35(2)27-32)21-16-12-9-10-13-19-24-33(36)38-28-30-22-17-14-18-23-30/h14,17-18,22-23,31-32H,3-13,15-16,19-21,24-29H2,1-2H3. The van der Waals surface area contributed by atoms with Crippen LogP contribution in [0.15, 0.2) is 30.3 Å². The molecule has 5 nitrogen and oxygen atoms in total. The molecule has 0 aromatic heterocycles. The predicted molar refractivity (Wildman–Crippen MR) is 160 cm³/mol. The molecule has 2 rings (SSSR count). The van der Waals surface area contributed by atoms with Crippen molar-refractivity contribution >= 4 is 11.9 Å². The molecule has 39 heavy (non-hydrogen) atoms. The van der Waals surface area contributed by atoms with Gasteiger partial charge >= 0.3 is 11.9 Å². The number of carbonyl (C=O) groups is 2. The second kappa shape index (κ2) is 21.9. The molecule has 2 atom stereocenters. The number of nitrogens with zero attached hydrogens (tertiary/aromatic N) is 1. The maximum Gasteiger partial charge on any atom is 0.310 e. The van der Waals surface area contributed by atoms with Crippen molar-refractivity contribution in [1.82, 2.24) is 4.90 Å². The van der Waals surface area contributed by atoms with Crippen LogP contribution in [0.25, 0.3) is 0 Å². The van der Waals surface area contributed by atoms with Gasteiger partial charge in [-0.2, -0.15) is 0 Å². The van der Waals surface area contributed by atoms with E-state index in [1.165, 1.54) is 83.5 Å². The molecule has 1 saturated heterocycles. The summed E-state index contributed by atoms with van der Waals surface area (Å²) < 4.78 is 11.2. The number of unbranched alkanes of at least 4 members (excludes halogenated alkanes) is 12. The zero-order chi connectivity index (χ0) is 28.0. The van der Waals surface area contributed by atoms with E-state index in [0.717, 1.165) is 44.3 Å². The first-order valence-corrected chi connectivity index (χ1v) is 16.1. The Hall–Kier alpha value is -1.88. The summed E-state index contributed by atoms with van der Waals surface area (Å²) in [4.78, 5) is 26.7. The van der Waals surface area contributed by atoms with Crippen LogP contribution in [-0.2, 0) is 25.7 Å².